The molecular weight excluding hydrogens is 524 g/mol. The van der Waals surface area contributed by atoms with Gasteiger partial charge in [0.25, 0.3) is 0 Å². The van der Waals surface area contributed by atoms with Crippen LogP contribution in [0.2, 0.25) is 0 Å². The van der Waals surface area contributed by atoms with Crippen LogP contribution >= 0.6 is 0 Å². The van der Waals surface area contributed by atoms with E-state index in [1.54, 1.807) is 7.11 Å². The fourth-order valence-electron chi connectivity index (χ4n) is 5.09. The molecule has 1 aliphatic carbocycles. The van der Waals surface area contributed by atoms with Crippen molar-refractivity contribution in [1.82, 2.24) is 0 Å². The number of allylic oxidation sites excluding steroid dienone is 12. The molecule has 1 aromatic rings. The minimum absolute atomic E-state index is 0.165. The van der Waals surface area contributed by atoms with Crippen LogP contribution in [-0.2, 0) is 19.0 Å². The summed E-state index contributed by atoms with van der Waals surface area (Å²) in [6.07, 6.45) is 21.8. The number of terminal acetylenes is 1. The Morgan fingerprint density at radius 3 is 2.55 bits per heavy atom. The van der Waals surface area contributed by atoms with Crippen molar-refractivity contribution in [2.45, 2.75) is 45.6 Å². The number of benzene rings is 1. The van der Waals surface area contributed by atoms with E-state index >= 15 is 0 Å². The van der Waals surface area contributed by atoms with E-state index in [9.17, 15) is 4.79 Å². The van der Waals surface area contributed by atoms with Crippen molar-refractivity contribution in [3.63, 3.8) is 0 Å². The van der Waals surface area contributed by atoms with Crippen LogP contribution < -0.4 is 4.74 Å². The van der Waals surface area contributed by atoms with E-state index in [2.05, 4.69) is 38.7 Å². The zero-order chi connectivity index (χ0) is 30.8. The highest BCUT2D eigenvalue weighted by Gasteiger charge is 2.37. The normalized spacial score (nSPS) is 18.4. The Labute approximate surface area is 250 Å². The third-order valence-electron chi connectivity index (χ3n) is 7.29. The maximum atomic E-state index is 11.7. The molecule has 0 bridgehead atoms. The summed E-state index contributed by atoms with van der Waals surface area (Å²) in [7, 11) is 2.96. The summed E-state index contributed by atoms with van der Waals surface area (Å²) in [6.45, 7) is 18.6. The monoisotopic (exact) mass is 564 g/mol. The zero-order valence-electron chi connectivity index (χ0n) is 25.3. The Morgan fingerprint density at radius 2 is 1.93 bits per heavy atom. The number of methoxy groups -OCH3 is 2. The first-order chi connectivity index (χ1) is 20.2. The summed E-state index contributed by atoms with van der Waals surface area (Å²) in [5, 5.41) is 0. The SMILES string of the molecule is C#CC/C(=C\c1ccc2c(c1C)C(C(=C)/C=C(/C)C=C)C1=C(C=C)C(/C=C(\CC)OCC(=O)OC)=CC=CC1O2)OC. The average Bonchev–Trinajstić information content (AvgIpc) is 3.16. The van der Waals surface area contributed by atoms with Crippen LogP contribution in [0.15, 0.2) is 114 Å². The largest absolute Gasteiger partial charge is 0.500 e. The second kappa shape index (κ2) is 14.8. The number of ether oxygens (including phenoxy) is 4. The number of rotatable bonds is 12. The van der Waals surface area contributed by atoms with Crippen LogP contribution in [0.3, 0.4) is 0 Å². The number of carbonyl (C=O) groups excluding carboxylic acids is 1. The molecule has 0 radical (unpaired) electrons. The highest BCUT2D eigenvalue weighted by atomic mass is 16.6. The molecule has 0 saturated heterocycles. The number of hydrogen-bond acceptors (Lipinski definition) is 5. The molecule has 0 amide bonds. The minimum Gasteiger partial charge on any atom is -0.500 e. The third-order valence-corrected chi connectivity index (χ3v) is 7.29. The predicted octanol–water partition coefficient (Wildman–Crippen LogP) is 8.00. The van der Waals surface area contributed by atoms with Crippen molar-refractivity contribution in [3.8, 4) is 18.1 Å². The van der Waals surface area contributed by atoms with Gasteiger partial charge in [0.2, 0.25) is 0 Å². The molecular formula is C37H40O5. The summed E-state index contributed by atoms with van der Waals surface area (Å²) >= 11 is 0. The first-order valence-corrected chi connectivity index (χ1v) is 13.9. The number of hydrogen-bond donors (Lipinski definition) is 0. The molecule has 0 fully saturated rings. The molecule has 5 heteroatoms. The first kappa shape index (κ1) is 31.8. The molecule has 2 aliphatic rings. The average molecular weight is 565 g/mol. The Balaban J connectivity index is 2.30. The van der Waals surface area contributed by atoms with Gasteiger partial charge in [-0.3, -0.25) is 0 Å². The van der Waals surface area contributed by atoms with Crippen molar-refractivity contribution in [2.75, 3.05) is 20.8 Å². The van der Waals surface area contributed by atoms with Crippen molar-refractivity contribution < 1.29 is 23.7 Å². The molecule has 1 heterocycles. The maximum absolute atomic E-state index is 11.7. The van der Waals surface area contributed by atoms with Gasteiger partial charge in [0.05, 0.1) is 26.4 Å². The van der Waals surface area contributed by atoms with Gasteiger partial charge in [-0.05, 0) is 71.6 Å². The molecule has 5 nitrogen and oxygen atoms in total. The Morgan fingerprint density at radius 1 is 1.17 bits per heavy atom. The summed E-state index contributed by atoms with van der Waals surface area (Å²) < 4.78 is 22.7. The van der Waals surface area contributed by atoms with E-state index in [0.29, 0.717) is 24.4 Å². The standard InChI is InChI=1S/C37H40O5/c1-10-15-30(39-8)21-27-18-19-33-36(26(27)7)35(25(6)20-24(5)11-2)37-31(13-4)28(16-14-17-32(37)42-33)22-29(12-3)41-23-34(38)40-9/h1,11,13-14,16-22,32,35H,2,4,6,12,15,23H2,3,5,7-9H3/b24-20-,29-22+,30-21+. The highest BCUT2D eigenvalue weighted by Crippen LogP contribution is 2.49. The fraction of sp³-hybridized carbons (Fsp3) is 0.270. The second-order valence-electron chi connectivity index (χ2n) is 9.94. The van der Waals surface area contributed by atoms with Gasteiger partial charge in [0.15, 0.2) is 6.61 Å². The van der Waals surface area contributed by atoms with Gasteiger partial charge in [0, 0.05) is 17.9 Å². The molecule has 0 spiro atoms. The van der Waals surface area contributed by atoms with Gasteiger partial charge in [-0.1, -0.05) is 74.6 Å². The van der Waals surface area contributed by atoms with Crippen molar-refractivity contribution in [3.05, 3.63) is 130 Å². The summed E-state index contributed by atoms with van der Waals surface area (Å²) in [4.78, 5) is 11.7. The molecule has 1 aromatic carbocycles. The Hall–Kier alpha value is -4.69. The lowest BCUT2D eigenvalue weighted by molar-refractivity contribution is -0.144. The molecule has 0 N–H and O–H groups in total. The smallest absolute Gasteiger partial charge is 0.343 e. The molecule has 2 unspecified atom stereocenters. The summed E-state index contributed by atoms with van der Waals surface area (Å²) in [6, 6.07) is 4.02. The van der Waals surface area contributed by atoms with Crippen molar-refractivity contribution in [1.29, 1.82) is 0 Å². The van der Waals surface area contributed by atoms with E-state index in [0.717, 1.165) is 50.3 Å². The molecule has 42 heavy (non-hydrogen) atoms. The first-order valence-electron chi connectivity index (χ1n) is 13.9. The van der Waals surface area contributed by atoms with E-state index < -0.39 is 5.97 Å². The topological polar surface area (TPSA) is 54.0 Å². The van der Waals surface area contributed by atoms with Gasteiger partial charge in [-0.2, -0.15) is 0 Å². The van der Waals surface area contributed by atoms with Gasteiger partial charge in [0.1, 0.15) is 17.6 Å². The zero-order valence-corrected chi connectivity index (χ0v) is 25.3. The van der Waals surface area contributed by atoms with Crippen LogP contribution in [-0.4, -0.2) is 32.9 Å². The molecule has 1 aliphatic heterocycles. The maximum Gasteiger partial charge on any atom is 0.343 e. The Bertz CT molecular complexity index is 1480. The second-order valence-corrected chi connectivity index (χ2v) is 9.94. The summed E-state index contributed by atoms with van der Waals surface area (Å²) in [5.41, 5.74) is 7.73. The van der Waals surface area contributed by atoms with E-state index in [1.807, 2.05) is 68.5 Å². The van der Waals surface area contributed by atoms with Gasteiger partial charge in [-0.15, -0.1) is 6.42 Å². The van der Waals surface area contributed by atoms with Gasteiger partial charge >= 0.3 is 5.97 Å². The Kier molecular flexibility index (Phi) is 11.2. The van der Waals surface area contributed by atoms with Crippen LogP contribution in [0.25, 0.3) is 6.08 Å². The molecule has 2 atom stereocenters. The molecule has 0 saturated carbocycles. The summed E-state index contributed by atoms with van der Waals surface area (Å²) in [5.74, 6) is 4.12. The minimum atomic E-state index is -0.441. The number of carbonyl (C=O) groups is 1. The predicted molar refractivity (Wildman–Crippen MR) is 171 cm³/mol. The van der Waals surface area contributed by atoms with Crippen LogP contribution in [0.5, 0.6) is 5.75 Å². The number of fused-ring (bicyclic) bond motifs is 2. The van der Waals surface area contributed by atoms with Crippen LogP contribution in [0.1, 0.15) is 49.3 Å². The van der Waals surface area contributed by atoms with Gasteiger partial charge < -0.3 is 18.9 Å². The lowest BCUT2D eigenvalue weighted by Gasteiger charge is -2.37. The lowest BCUT2D eigenvalue weighted by Crippen LogP contribution is -2.30. The highest BCUT2D eigenvalue weighted by molar-refractivity contribution is 5.71. The van der Waals surface area contributed by atoms with Crippen molar-refractivity contribution >= 4 is 12.0 Å². The van der Waals surface area contributed by atoms with E-state index in [-0.39, 0.29) is 18.6 Å². The lowest BCUT2D eigenvalue weighted by atomic mass is 9.74. The molecule has 3 rings (SSSR count). The van der Waals surface area contributed by atoms with E-state index in [1.165, 1.54) is 7.11 Å². The van der Waals surface area contributed by atoms with Gasteiger partial charge in [-0.25, -0.2) is 4.79 Å². The van der Waals surface area contributed by atoms with Crippen molar-refractivity contribution in [2.24, 2.45) is 0 Å². The third kappa shape index (κ3) is 7.14. The van der Waals surface area contributed by atoms with Crippen LogP contribution in [0.4, 0.5) is 0 Å². The fourth-order valence-corrected chi connectivity index (χ4v) is 5.09. The molecule has 218 valence electrons. The number of esters is 1. The quantitative estimate of drug-likeness (QED) is 0.111. The van der Waals surface area contributed by atoms with E-state index in [4.69, 9.17) is 25.4 Å². The molecule has 0 aromatic heterocycles. The van der Waals surface area contributed by atoms with Crippen LogP contribution in [0, 0.1) is 19.3 Å².